The lowest BCUT2D eigenvalue weighted by molar-refractivity contribution is -0.118. The van der Waals surface area contributed by atoms with Crippen LogP contribution in [0.4, 0.5) is 5.13 Å². The summed E-state index contributed by atoms with van der Waals surface area (Å²) in [5.41, 5.74) is 2.18. The molecule has 4 nitrogen and oxygen atoms in total. The first kappa shape index (κ1) is 15.5. The number of aromatic nitrogens is 1. The van der Waals surface area contributed by atoms with Gasteiger partial charge in [0.15, 0.2) is 11.7 Å². The van der Waals surface area contributed by atoms with E-state index >= 15 is 0 Å². The van der Waals surface area contributed by atoms with Crippen LogP contribution in [0.2, 0.25) is 0 Å². The first-order chi connectivity index (χ1) is 10.1. The van der Waals surface area contributed by atoms with E-state index in [4.69, 9.17) is 4.74 Å². The molecule has 0 aliphatic rings. The number of nitrogens with zero attached hydrogens (tertiary/aromatic N) is 1. The van der Waals surface area contributed by atoms with Gasteiger partial charge in [-0.15, -0.1) is 11.3 Å². The number of benzene rings is 1. The van der Waals surface area contributed by atoms with Crippen LogP contribution in [-0.2, 0) is 11.2 Å². The number of amides is 1. The lowest BCUT2D eigenvalue weighted by atomic mass is 10.2. The highest BCUT2D eigenvalue weighted by atomic mass is 32.1. The van der Waals surface area contributed by atoms with Crippen molar-refractivity contribution in [2.75, 3.05) is 11.9 Å². The Hall–Kier alpha value is -1.88. The van der Waals surface area contributed by atoms with Gasteiger partial charge in [-0.25, -0.2) is 4.98 Å². The fourth-order valence-electron chi connectivity index (χ4n) is 1.77. The van der Waals surface area contributed by atoms with Gasteiger partial charge in [0.25, 0.3) is 5.91 Å². The van der Waals surface area contributed by atoms with Crippen molar-refractivity contribution >= 4 is 22.4 Å². The minimum absolute atomic E-state index is 0.0102. The summed E-state index contributed by atoms with van der Waals surface area (Å²) in [5.74, 6) is 0.882. The molecule has 1 aromatic carbocycles. The zero-order chi connectivity index (χ0) is 15.2. The second-order valence-corrected chi connectivity index (χ2v) is 5.93. The van der Waals surface area contributed by atoms with Crippen molar-refractivity contribution in [3.63, 3.8) is 0 Å². The molecule has 0 unspecified atom stereocenters. The maximum absolute atomic E-state index is 11.8. The number of rotatable bonds is 6. The number of carbonyl (C=O) groups is 1. The van der Waals surface area contributed by atoms with Crippen molar-refractivity contribution < 1.29 is 9.53 Å². The predicted octanol–water partition coefficient (Wildman–Crippen LogP) is 3.85. The molecule has 1 amide bonds. The van der Waals surface area contributed by atoms with Crippen LogP contribution in [0.3, 0.4) is 0 Å². The summed E-state index contributed by atoms with van der Waals surface area (Å²) in [7, 11) is 0. The van der Waals surface area contributed by atoms with Crippen molar-refractivity contribution in [2.45, 2.75) is 33.1 Å². The molecule has 0 aliphatic carbocycles. The summed E-state index contributed by atoms with van der Waals surface area (Å²) >= 11 is 1.44. The summed E-state index contributed by atoms with van der Waals surface area (Å²) in [6, 6.07) is 7.78. The average molecular weight is 304 g/mol. The second kappa shape index (κ2) is 7.22. The van der Waals surface area contributed by atoms with Crippen molar-refractivity contribution in [3.8, 4) is 5.75 Å². The van der Waals surface area contributed by atoms with E-state index in [0.29, 0.717) is 16.8 Å². The van der Waals surface area contributed by atoms with Gasteiger partial charge in [0.2, 0.25) is 0 Å². The van der Waals surface area contributed by atoms with Crippen molar-refractivity contribution in [3.05, 3.63) is 40.9 Å². The maximum Gasteiger partial charge on any atom is 0.264 e. The van der Waals surface area contributed by atoms with E-state index < -0.39 is 0 Å². The second-order valence-electron chi connectivity index (χ2n) is 5.07. The summed E-state index contributed by atoms with van der Waals surface area (Å²) in [5, 5.41) is 5.34. The minimum Gasteiger partial charge on any atom is -0.484 e. The fourth-order valence-corrected chi connectivity index (χ4v) is 2.66. The highest BCUT2D eigenvalue weighted by molar-refractivity contribution is 7.13. The SMILES string of the molecule is CCc1cccc(OCC(=O)Nc2nc(C(C)C)cs2)c1. The van der Waals surface area contributed by atoms with E-state index in [1.165, 1.54) is 16.9 Å². The number of nitrogens with one attached hydrogen (secondary N) is 1. The topological polar surface area (TPSA) is 51.2 Å². The zero-order valence-electron chi connectivity index (χ0n) is 12.6. The number of aryl methyl sites for hydroxylation is 1. The van der Waals surface area contributed by atoms with Crippen LogP contribution in [0.1, 0.15) is 37.9 Å². The third-order valence-electron chi connectivity index (χ3n) is 3.04. The van der Waals surface area contributed by atoms with E-state index in [9.17, 15) is 4.79 Å². The maximum atomic E-state index is 11.8. The molecular weight excluding hydrogens is 284 g/mol. The van der Waals surface area contributed by atoms with Crippen LogP contribution < -0.4 is 10.1 Å². The molecular formula is C16H20N2O2S. The zero-order valence-corrected chi connectivity index (χ0v) is 13.4. The molecule has 5 heteroatoms. The quantitative estimate of drug-likeness (QED) is 0.882. The standard InChI is InChI=1S/C16H20N2O2S/c1-4-12-6-5-7-13(8-12)20-9-15(19)18-16-17-14(10-21-16)11(2)3/h5-8,10-11H,4,9H2,1-3H3,(H,17,18,19). The average Bonchev–Trinajstić information content (AvgIpc) is 2.94. The highest BCUT2D eigenvalue weighted by Crippen LogP contribution is 2.21. The molecule has 0 saturated heterocycles. The number of hydrogen-bond acceptors (Lipinski definition) is 4. The summed E-state index contributed by atoms with van der Waals surface area (Å²) in [6.07, 6.45) is 0.945. The van der Waals surface area contributed by atoms with Gasteiger partial charge < -0.3 is 4.74 Å². The van der Waals surface area contributed by atoms with Crippen LogP contribution in [0.5, 0.6) is 5.75 Å². The first-order valence-electron chi connectivity index (χ1n) is 7.05. The van der Waals surface area contributed by atoms with Crippen LogP contribution in [0, 0.1) is 0 Å². The van der Waals surface area contributed by atoms with E-state index in [-0.39, 0.29) is 12.5 Å². The number of hydrogen-bond donors (Lipinski definition) is 1. The van der Waals surface area contributed by atoms with E-state index in [1.807, 2.05) is 29.6 Å². The van der Waals surface area contributed by atoms with Crippen LogP contribution in [-0.4, -0.2) is 17.5 Å². The molecule has 2 aromatic rings. The van der Waals surface area contributed by atoms with E-state index in [2.05, 4.69) is 31.1 Å². The summed E-state index contributed by atoms with van der Waals surface area (Å²) in [6.45, 7) is 6.22. The molecule has 0 atom stereocenters. The van der Waals surface area contributed by atoms with Crippen LogP contribution in [0.25, 0.3) is 0 Å². The molecule has 1 heterocycles. The normalized spacial score (nSPS) is 10.7. The van der Waals surface area contributed by atoms with Gasteiger partial charge in [-0.3, -0.25) is 10.1 Å². The number of ether oxygens (including phenoxy) is 1. The third-order valence-corrected chi connectivity index (χ3v) is 3.81. The van der Waals surface area contributed by atoms with Crippen LogP contribution >= 0.6 is 11.3 Å². The van der Waals surface area contributed by atoms with E-state index in [1.54, 1.807) is 0 Å². The molecule has 21 heavy (non-hydrogen) atoms. The van der Waals surface area contributed by atoms with Crippen molar-refractivity contribution in [1.82, 2.24) is 4.98 Å². The Balaban J connectivity index is 1.86. The van der Waals surface area contributed by atoms with Crippen molar-refractivity contribution in [1.29, 1.82) is 0 Å². The lowest BCUT2D eigenvalue weighted by Crippen LogP contribution is -2.20. The number of anilines is 1. The largest absolute Gasteiger partial charge is 0.484 e. The Labute approximate surface area is 129 Å². The van der Waals surface area contributed by atoms with Gasteiger partial charge in [-0.2, -0.15) is 0 Å². The molecule has 2 rings (SSSR count). The molecule has 1 aromatic heterocycles. The van der Waals surface area contributed by atoms with Gasteiger partial charge in [-0.1, -0.05) is 32.9 Å². The third kappa shape index (κ3) is 4.56. The highest BCUT2D eigenvalue weighted by Gasteiger charge is 2.09. The Morgan fingerprint density at radius 3 is 2.90 bits per heavy atom. The van der Waals surface area contributed by atoms with Crippen molar-refractivity contribution in [2.24, 2.45) is 0 Å². The monoisotopic (exact) mass is 304 g/mol. The first-order valence-corrected chi connectivity index (χ1v) is 7.93. The summed E-state index contributed by atoms with van der Waals surface area (Å²) in [4.78, 5) is 16.2. The molecule has 112 valence electrons. The van der Waals surface area contributed by atoms with Gasteiger partial charge in [0, 0.05) is 5.38 Å². The number of thiazole rings is 1. The molecule has 0 spiro atoms. The molecule has 0 bridgehead atoms. The van der Waals surface area contributed by atoms with Gasteiger partial charge in [-0.05, 0) is 30.0 Å². The Morgan fingerprint density at radius 2 is 2.24 bits per heavy atom. The smallest absolute Gasteiger partial charge is 0.264 e. The summed E-state index contributed by atoms with van der Waals surface area (Å²) < 4.78 is 5.50. The van der Waals surface area contributed by atoms with Gasteiger partial charge >= 0.3 is 0 Å². The van der Waals surface area contributed by atoms with Gasteiger partial charge in [0.05, 0.1) is 5.69 Å². The van der Waals surface area contributed by atoms with Crippen LogP contribution in [0.15, 0.2) is 29.6 Å². The Bertz CT molecular complexity index is 608. The molecule has 1 N–H and O–H groups in total. The molecule has 0 fully saturated rings. The number of carbonyl (C=O) groups excluding carboxylic acids is 1. The Kier molecular flexibility index (Phi) is 5.33. The van der Waals surface area contributed by atoms with Gasteiger partial charge in [0.1, 0.15) is 5.75 Å². The predicted molar refractivity (Wildman–Crippen MR) is 86.1 cm³/mol. The minimum atomic E-state index is -0.193. The fraction of sp³-hybridized carbons (Fsp3) is 0.375. The Morgan fingerprint density at radius 1 is 1.43 bits per heavy atom. The van der Waals surface area contributed by atoms with E-state index in [0.717, 1.165) is 12.1 Å². The molecule has 0 saturated carbocycles. The molecule has 0 aliphatic heterocycles. The molecule has 0 radical (unpaired) electrons. The lowest BCUT2D eigenvalue weighted by Gasteiger charge is -2.07.